The zero-order valence-corrected chi connectivity index (χ0v) is 9.72. The average molecular weight is 215 g/mol. The van der Waals surface area contributed by atoms with Crippen LogP contribution < -0.4 is 0 Å². The number of carbonyl (C=O) groups is 1. The Hall–Kier alpha value is -0.830. The zero-order chi connectivity index (χ0) is 10.9. The molecule has 0 aliphatic rings. The molecule has 4 heteroatoms. The minimum Gasteiger partial charge on any atom is -0.292 e. The summed E-state index contributed by atoms with van der Waals surface area (Å²) in [5.74, 6) is 0.0295. The third kappa shape index (κ3) is 1.98. The van der Waals surface area contributed by atoms with Crippen LogP contribution in [0.4, 0.5) is 0 Å². The standard InChI is InChI=1S/C10H15ClN2O/c1-5-13-8(7(11)6-12-13)9(14)10(2,3)4/h6H,5H2,1-4H3. The molecule has 3 nitrogen and oxygen atoms in total. The Morgan fingerprint density at radius 2 is 2.14 bits per heavy atom. The molecular formula is C10H15ClN2O. The van der Waals surface area contributed by atoms with Crippen molar-refractivity contribution in [1.29, 1.82) is 0 Å². The quantitative estimate of drug-likeness (QED) is 0.710. The largest absolute Gasteiger partial charge is 0.292 e. The molecule has 0 fully saturated rings. The minimum atomic E-state index is -0.420. The molecule has 0 bridgehead atoms. The predicted molar refractivity (Wildman–Crippen MR) is 56.7 cm³/mol. The van der Waals surface area contributed by atoms with E-state index >= 15 is 0 Å². The number of carbonyl (C=O) groups excluding carboxylic acids is 1. The summed E-state index contributed by atoms with van der Waals surface area (Å²) < 4.78 is 1.63. The monoisotopic (exact) mass is 214 g/mol. The number of halogens is 1. The molecule has 1 aromatic rings. The Bertz CT molecular complexity index is 349. The van der Waals surface area contributed by atoms with Crippen molar-refractivity contribution in [2.24, 2.45) is 5.41 Å². The number of hydrogen-bond donors (Lipinski definition) is 0. The highest BCUT2D eigenvalue weighted by atomic mass is 35.5. The molecule has 0 atom stereocenters. The highest BCUT2D eigenvalue weighted by Crippen LogP contribution is 2.25. The lowest BCUT2D eigenvalue weighted by atomic mass is 9.89. The summed E-state index contributed by atoms with van der Waals surface area (Å²) in [5, 5.41) is 4.47. The highest BCUT2D eigenvalue weighted by molar-refractivity contribution is 6.33. The van der Waals surface area contributed by atoms with Gasteiger partial charge in [-0.15, -0.1) is 0 Å². The summed E-state index contributed by atoms with van der Waals surface area (Å²) in [4.78, 5) is 12.0. The van der Waals surface area contributed by atoms with Crippen LogP contribution in [0.3, 0.4) is 0 Å². The van der Waals surface area contributed by atoms with Gasteiger partial charge in [-0.25, -0.2) is 0 Å². The lowest BCUT2D eigenvalue weighted by molar-refractivity contribution is 0.0847. The number of Topliss-reactive ketones (excluding diaryl/α,β-unsaturated/α-hetero) is 1. The van der Waals surface area contributed by atoms with Gasteiger partial charge in [0.05, 0.1) is 11.2 Å². The van der Waals surface area contributed by atoms with E-state index in [1.54, 1.807) is 4.68 Å². The van der Waals surface area contributed by atoms with Gasteiger partial charge < -0.3 is 0 Å². The van der Waals surface area contributed by atoms with Crippen LogP contribution in [-0.2, 0) is 6.54 Å². The Labute approximate surface area is 89.1 Å². The Kier molecular flexibility index (Phi) is 3.00. The van der Waals surface area contributed by atoms with Crippen LogP contribution in [0.2, 0.25) is 5.02 Å². The number of aromatic nitrogens is 2. The summed E-state index contributed by atoms with van der Waals surface area (Å²) in [6.45, 7) is 8.21. The normalized spacial score (nSPS) is 11.8. The number of rotatable bonds is 2. The van der Waals surface area contributed by atoms with Gasteiger partial charge in [0.25, 0.3) is 0 Å². The molecular weight excluding hydrogens is 200 g/mol. The van der Waals surface area contributed by atoms with E-state index in [1.165, 1.54) is 6.20 Å². The van der Waals surface area contributed by atoms with E-state index in [0.29, 0.717) is 17.3 Å². The lowest BCUT2D eigenvalue weighted by Crippen LogP contribution is -2.23. The van der Waals surface area contributed by atoms with Gasteiger partial charge in [0.2, 0.25) is 0 Å². The minimum absolute atomic E-state index is 0.0295. The molecule has 0 N–H and O–H groups in total. The van der Waals surface area contributed by atoms with E-state index in [4.69, 9.17) is 11.6 Å². The first-order chi connectivity index (χ1) is 6.38. The van der Waals surface area contributed by atoms with Gasteiger partial charge in [-0.2, -0.15) is 5.10 Å². The third-order valence-electron chi connectivity index (χ3n) is 1.99. The van der Waals surface area contributed by atoms with Crippen molar-refractivity contribution >= 4 is 17.4 Å². The van der Waals surface area contributed by atoms with E-state index in [1.807, 2.05) is 27.7 Å². The molecule has 0 aromatic carbocycles. The molecule has 0 aliphatic carbocycles. The molecule has 1 rings (SSSR count). The number of aryl methyl sites for hydroxylation is 1. The molecule has 14 heavy (non-hydrogen) atoms. The third-order valence-corrected chi connectivity index (χ3v) is 2.27. The number of nitrogens with zero attached hydrogens (tertiary/aromatic N) is 2. The maximum atomic E-state index is 12.0. The van der Waals surface area contributed by atoms with Crippen molar-refractivity contribution in [2.45, 2.75) is 34.2 Å². The van der Waals surface area contributed by atoms with Crippen LogP contribution >= 0.6 is 11.6 Å². The fourth-order valence-electron chi connectivity index (χ4n) is 1.18. The van der Waals surface area contributed by atoms with Crippen molar-refractivity contribution in [2.75, 3.05) is 0 Å². The first kappa shape index (κ1) is 11.2. The fraction of sp³-hybridized carbons (Fsp3) is 0.600. The van der Waals surface area contributed by atoms with Crippen LogP contribution in [-0.4, -0.2) is 15.6 Å². The molecule has 0 saturated heterocycles. The van der Waals surface area contributed by atoms with Gasteiger partial charge in [-0.05, 0) is 6.92 Å². The smallest absolute Gasteiger partial charge is 0.187 e. The molecule has 0 amide bonds. The van der Waals surface area contributed by atoms with Gasteiger partial charge >= 0.3 is 0 Å². The number of hydrogen-bond acceptors (Lipinski definition) is 2. The van der Waals surface area contributed by atoms with E-state index in [0.717, 1.165) is 0 Å². The van der Waals surface area contributed by atoms with Crippen molar-refractivity contribution in [3.8, 4) is 0 Å². The van der Waals surface area contributed by atoms with Gasteiger partial charge in [0, 0.05) is 12.0 Å². The van der Waals surface area contributed by atoms with E-state index in [2.05, 4.69) is 5.10 Å². The second-order valence-electron chi connectivity index (χ2n) is 4.24. The molecule has 0 spiro atoms. The molecule has 78 valence electrons. The van der Waals surface area contributed by atoms with Gasteiger partial charge in [0.15, 0.2) is 5.78 Å². The summed E-state index contributed by atoms with van der Waals surface area (Å²) in [7, 11) is 0. The van der Waals surface area contributed by atoms with Crippen LogP contribution in [0.25, 0.3) is 0 Å². The van der Waals surface area contributed by atoms with Crippen molar-refractivity contribution in [3.05, 3.63) is 16.9 Å². The summed E-state index contributed by atoms with van der Waals surface area (Å²) in [6.07, 6.45) is 1.52. The van der Waals surface area contributed by atoms with E-state index in [9.17, 15) is 4.79 Å². The molecule has 1 heterocycles. The van der Waals surface area contributed by atoms with E-state index in [-0.39, 0.29) is 5.78 Å². The topological polar surface area (TPSA) is 34.9 Å². The van der Waals surface area contributed by atoms with Crippen molar-refractivity contribution in [1.82, 2.24) is 9.78 Å². The maximum absolute atomic E-state index is 12.0. The van der Waals surface area contributed by atoms with Crippen molar-refractivity contribution in [3.63, 3.8) is 0 Å². The number of ketones is 1. The summed E-state index contributed by atoms with van der Waals surface area (Å²) in [5.41, 5.74) is 0.0954. The van der Waals surface area contributed by atoms with Crippen LogP contribution in [0, 0.1) is 5.41 Å². The van der Waals surface area contributed by atoms with Crippen LogP contribution in [0.15, 0.2) is 6.20 Å². The molecule has 0 radical (unpaired) electrons. The van der Waals surface area contributed by atoms with Crippen LogP contribution in [0.1, 0.15) is 38.2 Å². The first-order valence-corrected chi connectivity index (χ1v) is 5.01. The molecule has 0 aliphatic heterocycles. The molecule has 0 saturated carbocycles. The van der Waals surface area contributed by atoms with E-state index < -0.39 is 5.41 Å². The average Bonchev–Trinajstić information content (AvgIpc) is 2.43. The summed E-state index contributed by atoms with van der Waals surface area (Å²) in [6, 6.07) is 0. The SMILES string of the molecule is CCn1ncc(Cl)c1C(=O)C(C)(C)C. The van der Waals surface area contributed by atoms with Crippen LogP contribution in [0.5, 0.6) is 0 Å². The summed E-state index contributed by atoms with van der Waals surface area (Å²) >= 11 is 5.92. The molecule has 0 unspecified atom stereocenters. The van der Waals surface area contributed by atoms with Gasteiger partial charge in [-0.1, -0.05) is 32.4 Å². The molecule has 1 aromatic heterocycles. The Morgan fingerprint density at radius 1 is 1.57 bits per heavy atom. The maximum Gasteiger partial charge on any atom is 0.187 e. The first-order valence-electron chi connectivity index (χ1n) is 4.64. The van der Waals surface area contributed by atoms with Crippen molar-refractivity contribution < 1.29 is 4.79 Å². The Morgan fingerprint density at radius 3 is 2.57 bits per heavy atom. The second kappa shape index (κ2) is 3.73. The predicted octanol–water partition coefficient (Wildman–Crippen LogP) is 2.79. The fourth-order valence-corrected chi connectivity index (χ4v) is 1.41. The lowest BCUT2D eigenvalue weighted by Gasteiger charge is -2.17. The van der Waals surface area contributed by atoms with Gasteiger partial charge in [0.1, 0.15) is 5.69 Å². The Balaban J connectivity index is 3.18. The second-order valence-corrected chi connectivity index (χ2v) is 4.64. The highest BCUT2D eigenvalue weighted by Gasteiger charge is 2.28. The van der Waals surface area contributed by atoms with Gasteiger partial charge in [-0.3, -0.25) is 9.48 Å². The zero-order valence-electron chi connectivity index (χ0n) is 8.97.